The van der Waals surface area contributed by atoms with Gasteiger partial charge in [-0.1, -0.05) is 30.3 Å². The molecule has 2 amide bonds. The van der Waals surface area contributed by atoms with Crippen molar-refractivity contribution in [2.45, 2.75) is 6.54 Å². The van der Waals surface area contributed by atoms with Crippen LogP contribution in [0.4, 0.5) is 5.69 Å². The second kappa shape index (κ2) is 9.70. The molecule has 0 aromatic heterocycles. The molecule has 7 nitrogen and oxygen atoms in total. The molecule has 3 aromatic rings. The van der Waals surface area contributed by atoms with Crippen LogP contribution in [0.1, 0.15) is 21.5 Å². The summed E-state index contributed by atoms with van der Waals surface area (Å²) in [7, 11) is 1.59. The summed E-state index contributed by atoms with van der Waals surface area (Å²) in [6.07, 6.45) is 3.09. The molecule has 7 heteroatoms. The maximum Gasteiger partial charge on any atom is 0.253 e. The van der Waals surface area contributed by atoms with Crippen molar-refractivity contribution in [2.75, 3.05) is 19.2 Å². The molecule has 0 fully saturated rings. The van der Waals surface area contributed by atoms with Gasteiger partial charge < -0.3 is 24.8 Å². The minimum atomic E-state index is -0.344. The van der Waals surface area contributed by atoms with Crippen molar-refractivity contribution in [3.05, 3.63) is 89.5 Å². The van der Waals surface area contributed by atoms with Gasteiger partial charge in [-0.2, -0.15) is 0 Å². The highest BCUT2D eigenvalue weighted by atomic mass is 16.7. The Morgan fingerprint density at radius 2 is 1.84 bits per heavy atom. The van der Waals surface area contributed by atoms with Crippen LogP contribution in [0.25, 0.3) is 6.08 Å². The number of nitrogens with one attached hydrogen (secondary N) is 2. The Bertz CT molecular complexity index is 1170. The molecule has 4 rings (SSSR count). The van der Waals surface area contributed by atoms with Gasteiger partial charge in [0, 0.05) is 12.6 Å². The molecule has 3 aromatic carbocycles. The van der Waals surface area contributed by atoms with Crippen LogP contribution in [-0.2, 0) is 11.3 Å². The van der Waals surface area contributed by atoms with E-state index in [1.807, 2.05) is 42.5 Å². The Labute approximate surface area is 185 Å². The van der Waals surface area contributed by atoms with E-state index in [0.717, 1.165) is 11.1 Å². The number of ether oxygens (including phenoxy) is 3. The number of carbonyl (C=O) groups is 2. The monoisotopic (exact) mass is 430 g/mol. The summed E-state index contributed by atoms with van der Waals surface area (Å²) < 4.78 is 15.8. The summed E-state index contributed by atoms with van der Waals surface area (Å²) in [6.45, 7) is 0.512. The van der Waals surface area contributed by atoms with Crippen LogP contribution >= 0.6 is 0 Å². The van der Waals surface area contributed by atoms with E-state index >= 15 is 0 Å². The molecule has 0 aliphatic carbocycles. The fourth-order valence-corrected chi connectivity index (χ4v) is 3.21. The second-order valence-corrected chi connectivity index (χ2v) is 7.02. The summed E-state index contributed by atoms with van der Waals surface area (Å²) in [4.78, 5) is 25.2. The van der Waals surface area contributed by atoms with E-state index in [2.05, 4.69) is 10.6 Å². The van der Waals surface area contributed by atoms with Gasteiger partial charge in [0.05, 0.1) is 18.4 Å². The lowest BCUT2D eigenvalue weighted by molar-refractivity contribution is -0.111. The lowest BCUT2D eigenvalue weighted by Crippen LogP contribution is -2.24. The van der Waals surface area contributed by atoms with E-state index in [9.17, 15) is 9.59 Å². The third kappa shape index (κ3) is 5.07. The maximum atomic E-state index is 12.8. The van der Waals surface area contributed by atoms with Gasteiger partial charge in [0.2, 0.25) is 12.7 Å². The minimum Gasteiger partial charge on any atom is -0.497 e. The topological polar surface area (TPSA) is 85.9 Å². The van der Waals surface area contributed by atoms with E-state index < -0.39 is 0 Å². The molecule has 0 atom stereocenters. The van der Waals surface area contributed by atoms with Crippen LogP contribution in [-0.4, -0.2) is 25.7 Å². The van der Waals surface area contributed by atoms with Gasteiger partial charge in [-0.05, 0) is 53.6 Å². The lowest BCUT2D eigenvalue weighted by atomic mass is 10.1. The molecule has 0 spiro atoms. The first-order valence-electron chi connectivity index (χ1n) is 10.0. The van der Waals surface area contributed by atoms with E-state index in [4.69, 9.17) is 14.2 Å². The van der Waals surface area contributed by atoms with Gasteiger partial charge in [0.25, 0.3) is 5.91 Å². The molecular formula is C25H22N2O5. The van der Waals surface area contributed by atoms with Crippen LogP contribution in [0, 0.1) is 0 Å². The van der Waals surface area contributed by atoms with E-state index in [1.54, 1.807) is 37.5 Å². The molecule has 0 unspecified atom stereocenters. The number of para-hydroxylation sites is 1. The Balaban J connectivity index is 1.39. The highest BCUT2D eigenvalue weighted by Gasteiger charge is 2.15. The van der Waals surface area contributed by atoms with E-state index in [1.165, 1.54) is 6.08 Å². The first-order valence-corrected chi connectivity index (χ1v) is 10.0. The van der Waals surface area contributed by atoms with Crippen molar-refractivity contribution in [2.24, 2.45) is 0 Å². The van der Waals surface area contributed by atoms with E-state index in [-0.39, 0.29) is 18.6 Å². The molecule has 32 heavy (non-hydrogen) atoms. The highest BCUT2D eigenvalue weighted by molar-refractivity contribution is 6.07. The summed E-state index contributed by atoms with van der Waals surface area (Å²) in [5.74, 6) is 1.42. The van der Waals surface area contributed by atoms with Crippen molar-refractivity contribution in [1.29, 1.82) is 0 Å². The number of hydrogen-bond donors (Lipinski definition) is 2. The first-order chi connectivity index (χ1) is 15.6. The van der Waals surface area contributed by atoms with Gasteiger partial charge in [0.15, 0.2) is 11.5 Å². The number of hydrogen-bond acceptors (Lipinski definition) is 5. The Hall–Kier alpha value is -4.26. The van der Waals surface area contributed by atoms with Crippen molar-refractivity contribution >= 4 is 23.6 Å². The van der Waals surface area contributed by atoms with Crippen LogP contribution in [0.3, 0.4) is 0 Å². The predicted octanol–water partition coefficient (Wildman–Crippen LogP) is 4.01. The summed E-state index contributed by atoms with van der Waals surface area (Å²) in [6, 6.07) is 19.7. The molecular weight excluding hydrogens is 408 g/mol. The number of amides is 2. The molecule has 1 aliphatic heterocycles. The third-order valence-electron chi connectivity index (χ3n) is 4.84. The SMILES string of the molecule is COc1cccc(/C=C/C(=O)Nc2ccccc2C(=O)NCc2ccc3c(c2)OCO3)c1. The van der Waals surface area contributed by atoms with Crippen LogP contribution in [0.15, 0.2) is 72.8 Å². The number of benzene rings is 3. The van der Waals surface area contributed by atoms with E-state index in [0.29, 0.717) is 35.0 Å². The quantitative estimate of drug-likeness (QED) is 0.554. The minimum absolute atomic E-state index is 0.199. The fraction of sp³-hybridized carbons (Fsp3) is 0.120. The van der Waals surface area contributed by atoms with Gasteiger partial charge in [-0.25, -0.2) is 0 Å². The van der Waals surface area contributed by atoms with Crippen LogP contribution in [0.5, 0.6) is 17.2 Å². The number of fused-ring (bicyclic) bond motifs is 1. The zero-order valence-corrected chi connectivity index (χ0v) is 17.5. The summed E-state index contributed by atoms with van der Waals surface area (Å²) in [5, 5.41) is 5.64. The van der Waals surface area contributed by atoms with Crippen molar-refractivity contribution in [3.8, 4) is 17.2 Å². The normalized spacial score (nSPS) is 11.9. The molecule has 0 saturated carbocycles. The third-order valence-corrected chi connectivity index (χ3v) is 4.84. The van der Waals surface area contributed by atoms with Crippen molar-refractivity contribution < 1.29 is 23.8 Å². The van der Waals surface area contributed by atoms with Gasteiger partial charge in [-0.3, -0.25) is 9.59 Å². The molecule has 0 bridgehead atoms. The Morgan fingerprint density at radius 3 is 2.72 bits per heavy atom. The summed E-state index contributed by atoms with van der Waals surface area (Å²) >= 11 is 0. The second-order valence-electron chi connectivity index (χ2n) is 7.02. The molecule has 1 aliphatic rings. The van der Waals surface area contributed by atoms with Crippen LogP contribution in [0.2, 0.25) is 0 Å². The predicted molar refractivity (Wildman–Crippen MR) is 121 cm³/mol. The average molecular weight is 430 g/mol. The summed E-state index contributed by atoms with van der Waals surface area (Å²) in [5.41, 5.74) is 2.51. The van der Waals surface area contributed by atoms with Gasteiger partial charge in [-0.15, -0.1) is 0 Å². The van der Waals surface area contributed by atoms with Crippen LogP contribution < -0.4 is 24.8 Å². The Morgan fingerprint density at radius 1 is 1.00 bits per heavy atom. The largest absolute Gasteiger partial charge is 0.497 e. The van der Waals surface area contributed by atoms with Gasteiger partial charge in [0.1, 0.15) is 5.75 Å². The molecule has 2 N–H and O–H groups in total. The number of carbonyl (C=O) groups excluding carboxylic acids is 2. The maximum absolute atomic E-state index is 12.8. The zero-order valence-electron chi connectivity index (χ0n) is 17.5. The van der Waals surface area contributed by atoms with Crippen molar-refractivity contribution in [1.82, 2.24) is 5.32 Å². The molecule has 1 heterocycles. The standard InChI is InChI=1S/C25H22N2O5/c1-30-19-6-4-5-17(13-19)10-12-24(28)27-21-8-3-2-7-20(21)25(29)26-15-18-9-11-22-23(14-18)32-16-31-22/h2-14H,15-16H2,1H3,(H,26,29)(H,27,28)/b12-10+. The van der Waals surface area contributed by atoms with Crippen molar-refractivity contribution in [3.63, 3.8) is 0 Å². The lowest BCUT2D eigenvalue weighted by Gasteiger charge is -2.11. The molecule has 0 radical (unpaired) electrons. The number of anilines is 1. The zero-order chi connectivity index (χ0) is 22.3. The number of rotatable bonds is 7. The average Bonchev–Trinajstić information content (AvgIpc) is 3.30. The highest BCUT2D eigenvalue weighted by Crippen LogP contribution is 2.32. The molecule has 162 valence electrons. The fourth-order valence-electron chi connectivity index (χ4n) is 3.21. The molecule has 0 saturated heterocycles. The van der Waals surface area contributed by atoms with Gasteiger partial charge >= 0.3 is 0 Å². The first kappa shape index (κ1) is 21.0. The number of methoxy groups -OCH3 is 1. The smallest absolute Gasteiger partial charge is 0.253 e. The Kier molecular flexibility index (Phi) is 6.36.